The molecule has 0 radical (unpaired) electrons. The monoisotopic (exact) mass is 418 g/mol. The van der Waals surface area contributed by atoms with Gasteiger partial charge in [-0.15, -0.1) is 0 Å². The van der Waals surface area contributed by atoms with E-state index in [4.69, 9.17) is 9.47 Å². The summed E-state index contributed by atoms with van der Waals surface area (Å²) in [6, 6.07) is 5.49. The van der Waals surface area contributed by atoms with Crippen molar-refractivity contribution in [3.63, 3.8) is 0 Å². The Bertz CT molecular complexity index is 756. The lowest BCUT2D eigenvalue weighted by molar-refractivity contribution is 0.0635. The number of nitrogens with zero attached hydrogens (tertiary/aromatic N) is 2. The average Bonchev–Trinajstić information content (AvgIpc) is 3.22. The van der Waals surface area contributed by atoms with Gasteiger partial charge in [0.1, 0.15) is 11.4 Å². The van der Waals surface area contributed by atoms with E-state index in [1.54, 1.807) is 39.0 Å². The fraction of sp³-hybridized carbons (Fsp3) is 0.636. The molecule has 2 aliphatic heterocycles. The standard InChI is InChI=1S/C22H34N4O4/c1-22(2,3)30-21(28)24-18-14-16(9-10-19(18)29-4)23-20(27)26-13-7-8-17(15-26)25-11-5-6-12-25/h9-10,14,17H,5-8,11-13,15H2,1-4H3,(H,23,27)(H,24,28)/t17-/m0/s1. The maximum atomic E-state index is 12.9. The molecule has 2 saturated heterocycles. The van der Waals surface area contributed by atoms with Gasteiger partial charge in [0.25, 0.3) is 0 Å². The lowest BCUT2D eigenvalue weighted by atomic mass is 10.0. The quantitative estimate of drug-likeness (QED) is 0.768. The first-order chi connectivity index (χ1) is 14.2. The molecule has 3 amide bonds. The van der Waals surface area contributed by atoms with E-state index in [2.05, 4.69) is 15.5 Å². The smallest absolute Gasteiger partial charge is 0.412 e. The van der Waals surface area contributed by atoms with Crippen molar-refractivity contribution >= 4 is 23.5 Å². The number of amides is 3. The van der Waals surface area contributed by atoms with Crippen molar-refractivity contribution in [3.05, 3.63) is 18.2 Å². The molecule has 2 fully saturated rings. The number of ether oxygens (including phenoxy) is 2. The van der Waals surface area contributed by atoms with Crippen LogP contribution in [0.3, 0.4) is 0 Å². The molecule has 1 atom stereocenters. The number of likely N-dealkylation sites (tertiary alicyclic amines) is 2. The number of hydrogen-bond donors (Lipinski definition) is 2. The molecule has 0 bridgehead atoms. The summed E-state index contributed by atoms with van der Waals surface area (Å²) >= 11 is 0. The van der Waals surface area contributed by atoms with Gasteiger partial charge in [0.15, 0.2) is 0 Å². The van der Waals surface area contributed by atoms with E-state index >= 15 is 0 Å². The van der Waals surface area contributed by atoms with E-state index in [0.29, 0.717) is 23.2 Å². The number of methoxy groups -OCH3 is 1. The zero-order valence-corrected chi connectivity index (χ0v) is 18.5. The second-order valence-corrected chi connectivity index (χ2v) is 8.96. The van der Waals surface area contributed by atoms with Gasteiger partial charge in [-0.25, -0.2) is 9.59 Å². The number of hydrogen-bond acceptors (Lipinski definition) is 5. The molecule has 2 N–H and O–H groups in total. The van der Waals surface area contributed by atoms with E-state index in [1.807, 2.05) is 4.90 Å². The average molecular weight is 419 g/mol. The van der Waals surface area contributed by atoms with E-state index in [1.165, 1.54) is 20.0 Å². The molecule has 0 spiro atoms. The van der Waals surface area contributed by atoms with Gasteiger partial charge >= 0.3 is 12.1 Å². The van der Waals surface area contributed by atoms with Crippen LogP contribution in [0.25, 0.3) is 0 Å². The first kappa shape index (κ1) is 22.2. The van der Waals surface area contributed by atoms with Crippen molar-refractivity contribution in [1.82, 2.24) is 9.80 Å². The molecular formula is C22H34N4O4. The summed E-state index contributed by atoms with van der Waals surface area (Å²) in [6.07, 6.45) is 4.09. The molecule has 0 unspecified atom stereocenters. The first-order valence-electron chi connectivity index (χ1n) is 10.7. The minimum absolute atomic E-state index is 0.118. The Morgan fingerprint density at radius 3 is 2.47 bits per heavy atom. The van der Waals surface area contributed by atoms with Gasteiger partial charge in [0, 0.05) is 24.8 Å². The van der Waals surface area contributed by atoms with Crippen LogP contribution in [0, 0.1) is 0 Å². The summed E-state index contributed by atoms with van der Waals surface area (Å²) in [5.74, 6) is 0.492. The van der Waals surface area contributed by atoms with Crippen LogP contribution in [0.2, 0.25) is 0 Å². The molecule has 30 heavy (non-hydrogen) atoms. The molecule has 1 aromatic rings. The van der Waals surface area contributed by atoms with Crippen molar-refractivity contribution in [2.75, 3.05) is 43.9 Å². The van der Waals surface area contributed by atoms with Gasteiger partial charge in [-0.1, -0.05) is 0 Å². The predicted molar refractivity (Wildman–Crippen MR) is 117 cm³/mol. The molecule has 0 saturated carbocycles. The zero-order valence-electron chi connectivity index (χ0n) is 18.5. The molecule has 2 aliphatic rings. The summed E-state index contributed by atoms with van der Waals surface area (Å²) in [7, 11) is 1.53. The Labute approximate surface area is 178 Å². The summed E-state index contributed by atoms with van der Waals surface area (Å²) in [6.45, 7) is 9.19. The van der Waals surface area contributed by atoms with E-state index in [9.17, 15) is 9.59 Å². The van der Waals surface area contributed by atoms with Crippen molar-refractivity contribution in [2.45, 2.75) is 58.1 Å². The van der Waals surface area contributed by atoms with Crippen LogP contribution < -0.4 is 15.4 Å². The van der Waals surface area contributed by atoms with Crippen LogP contribution in [-0.4, -0.2) is 66.9 Å². The van der Waals surface area contributed by atoms with Gasteiger partial charge < -0.3 is 19.7 Å². The third-order valence-corrected chi connectivity index (χ3v) is 5.43. The maximum absolute atomic E-state index is 12.9. The predicted octanol–water partition coefficient (Wildman–Crippen LogP) is 4.13. The highest BCUT2D eigenvalue weighted by molar-refractivity contribution is 5.92. The molecule has 1 aromatic carbocycles. The Morgan fingerprint density at radius 1 is 1.07 bits per heavy atom. The van der Waals surface area contributed by atoms with E-state index < -0.39 is 11.7 Å². The summed E-state index contributed by atoms with van der Waals surface area (Å²) in [5.41, 5.74) is 0.428. The number of anilines is 2. The molecular weight excluding hydrogens is 384 g/mol. The SMILES string of the molecule is COc1ccc(NC(=O)N2CCC[C@H](N3CCCC3)C2)cc1NC(=O)OC(C)(C)C. The second kappa shape index (κ2) is 9.55. The Hall–Kier alpha value is -2.48. The largest absolute Gasteiger partial charge is 0.495 e. The van der Waals surface area contributed by atoms with Gasteiger partial charge in [-0.3, -0.25) is 10.2 Å². The minimum atomic E-state index is -0.608. The zero-order chi connectivity index (χ0) is 21.7. The number of carbonyl (C=O) groups is 2. The Morgan fingerprint density at radius 2 is 1.80 bits per heavy atom. The minimum Gasteiger partial charge on any atom is -0.495 e. The highest BCUT2D eigenvalue weighted by Crippen LogP contribution is 2.29. The summed E-state index contributed by atoms with van der Waals surface area (Å²) in [4.78, 5) is 29.4. The van der Waals surface area contributed by atoms with Crippen molar-refractivity contribution < 1.29 is 19.1 Å². The van der Waals surface area contributed by atoms with Crippen LogP contribution in [0.1, 0.15) is 46.5 Å². The molecule has 166 valence electrons. The lowest BCUT2D eigenvalue weighted by Gasteiger charge is -2.37. The van der Waals surface area contributed by atoms with Crippen molar-refractivity contribution in [1.29, 1.82) is 0 Å². The number of nitrogens with one attached hydrogen (secondary N) is 2. The van der Waals surface area contributed by atoms with Gasteiger partial charge in [0.2, 0.25) is 0 Å². The normalized spacial score (nSPS) is 20.0. The van der Waals surface area contributed by atoms with Crippen LogP contribution in [0.4, 0.5) is 21.0 Å². The van der Waals surface area contributed by atoms with Crippen molar-refractivity contribution in [2.24, 2.45) is 0 Å². The third-order valence-electron chi connectivity index (χ3n) is 5.43. The molecule has 8 nitrogen and oxygen atoms in total. The number of benzene rings is 1. The van der Waals surface area contributed by atoms with Crippen LogP contribution >= 0.6 is 0 Å². The molecule has 0 aromatic heterocycles. The first-order valence-corrected chi connectivity index (χ1v) is 10.7. The third kappa shape index (κ3) is 6.01. The number of urea groups is 1. The van der Waals surface area contributed by atoms with Gasteiger partial charge in [-0.2, -0.15) is 0 Å². The Balaban J connectivity index is 1.63. The fourth-order valence-corrected chi connectivity index (χ4v) is 4.04. The lowest BCUT2D eigenvalue weighted by Crippen LogP contribution is -2.50. The Kier molecular flexibility index (Phi) is 7.07. The summed E-state index contributed by atoms with van der Waals surface area (Å²) in [5, 5.41) is 5.65. The highest BCUT2D eigenvalue weighted by atomic mass is 16.6. The second-order valence-electron chi connectivity index (χ2n) is 8.96. The van der Waals surface area contributed by atoms with E-state index in [-0.39, 0.29) is 6.03 Å². The maximum Gasteiger partial charge on any atom is 0.412 e. The van der Waals surface area contributed by atoms with Crippen molar-refractivity contribution in [3.8, 4) is 5.75 Å². The fourth-order valence-electron chi connectivity index (χ4n) is 4.04. The van der Waals surface area contributed by atoms with Gasteiger partial charge in [0.05, 0.1) is 12.8 Å². The van der Waals surface area contributed by atoms with Crippen LogP contribution in [0.15, 0.2) is 18.2 Å². The molecule has 2 heterocycles. The molecule has 8 heteroatoms. The highest BCUT2D eigenvalue weighted by Gasteiger charge is 2.29. The van der Waals surface area contributed by atoms with Crippen LogP contribution in [0.5, 0.6) is 5.75 Å². The summed E-state index contributed by atoms with van der Waals surface area (Å²) < 4.78 is 10.6. The number of carbonyl (C=O) groups excluding carboxylic acids is 2. The molecule has 3 rings (SSSR count). The number of piperidine rings is 1. The number of rotatable bonds is 4. The molecule has 0 aliphatic carbocycles. The van der Waals surface area contributed by atoms with Gasteiger partial charge in [-0.05, 0) is 77.7 Å². The van der Waals surface area contributed by atoms with E-state index in [0.717, 1.165) is 39.0 Å². The topological polar surface area (TPSA) is 83.1 Å². The van der Waals surface area contributed by atoms with Crippen LogP contribution in [-0.2, 0) is 4.74 Å².